The zero-order chi connectivity index (χ0) is 26.8. The lowest BCUT2D eigenvalue weighted by Crippen LogP contribution is -2.39. The lowest BCUT2D eigenvalue weighted by Gasteiger charge is -2.29. The van der Waals surface area contributed by atoms with Gasteiger partial charge in [0, 0.05) is 24.8 Å². The number of benzene rings is 1. The van der Waals surface area contributed by atoms with Crippen LogP contribution >= 0.6 is 11.6 Å². The zero-order valence-corrected chi connectivity index (χ0v) is 21.4. The first-order valence-electron chi connectivity index (χ1n) is 12.3. The fourth-order valence-corrected chi connectivity index (χ4v) is 5.23. The number of methoxy groups -OCH3 is 1. The van der Waals surface area contributed by atoms with Gasteiger partial charge in [0.2, 0.25) is 5.88 Å². The van der Waals surface area contributed by atoms with E-state index < -0.39 is 18.0 Å². The van der Waals surface area contributed by atoms with Crippen molar-refractivity contribution in [2.75, 3.05) is 7.11 Å². The van der Waals surface area contributed by atoms with Crippen molar-refractivity contribution in [2.24, 2.45) is 5.92 Å². The molecule has 0 radical (unpaired) electrons. The summed E-state index contributed by atoms with van der Waals surface area (Å²) in [4.78, 5) is 34.1. The Hall–Kier alpha value is -3.79. The maximum atomic E-state index is 13.5. The molecular weight excluding hydrogens is 516 g/mol. The molecule has 0 atom stereocenters. The quantitative estimate of drug-likeness (QED) is 0.348. The molecule has 0 bridgehead atoms. The number of amides is 1. The molecule has 1 saturated carbocycles. The minimum Gasteiger partial charge on any atom is -0.481 e. The minimum atomic E-state index is -2.88. The highest BCUT2D eigenvalue weighted by Crippen LogP contribution is 2.29. The van der Waals surface area contributed by atoms with E-state index in [4.69, 9.17) is 16.3 Å². The van der Waals surface area contributed by atoms with Crippen molar-refractivity contribution >= 4 is 28.5 Å². The van der Waals surface area contributed by atoms with Gasteiger partial charge in [-0.25, -0.2) is 18.6 Å². The van der Waals surface area contributed by atoms with E-state index in [9.17, 15) is 18.4 Å². The van der Waals surface area contributed by atoms with Gasteiger partial charge in [0.1, 0.15) is 5.69 Å². The van der Waals surface area contributed by atoms with E-state index >= 15 is 0 Å². The van der Waals surface area contributed by atoms with Crippen molar-refractivity contribution < 1.29 is 18.3 Å². The monoisotopic (exact) mass is 541 g/mol. The predicted molar refractivity (Wildman–Crippen MR) is 139 cm³/mol. The summed E-state index contributed by atoms with van der Waals surface area (Å²) in [6.45, 7) is 0.532. The van der Waals surface area contributed by atoms with E-state index in [1.807, 2.05) is 24.3 Å². The summed E-state index contributed by atoms with van der Waals surface area (Å²) in [7, 11) is 1.54. The van der Waals surface area contributed by atoms with Crippen molar-refractivity contribution in [3.63, 3.8) is 0 Å². The number of halogens is 3. The molecule has 1 fully saturated rings. The maximum Gasteiger partial charge on any atom is 0.333 e. The number of aromatic nitrogens is 4. The average molecular weight is 542 g/mol. The first-order chi connectivity index (χ1) is 18.4. The maximum absolute atomic E-state index is 13.5. The summed E-state index contributed by atoms with van der Waals surface area (Å²) in [6, 6.07) is 12.2. The van der Waals surface area contributed by atoms with Crippen LogP contribution in [0.1, 0.15) is 48.2 Å². The van der Waals surface area contributed by atoms with Gasteiger partial charge in [-0.3, -0.25) is 18.9 Å². The van der Waals surface area contributed by atoms with E-state index in [1.54, 1.807) is 27.5 Å². The van der Waals surface area contributed by atoms with E-state index in [2.05, 4.69) is 15.3 Å². The lowest BCUT2D eigenvalue weighted by atomic mass is 9.85. The predicted octanol–water partition coefficient (Wildman–Crippen LogP) is 5.17. The number of hydrogen-bond acceptors (Lipinski definition) is 5. The Morgan fingerprint density at radius 1 is 1.11 bits per heavy atom. The summed E-state index contributed by atoms with van der Waals surface area (Å²) < 4.78 is 35.2. The molecule has 198 valence electrons. The smallest absolute Gasteiger partial charge is 0.333 e. The van der Waals surface area contributed by atoms with E-state index in [-0.39, 0.29) is 28.2 Å². The highest BCUT2D eigenvalue weighted by molar-refractivity contribution is 6.30. The standard InChI is InChI=1S/C27H26ClF2N5O3/c1-38-23-11-10-19(14-31-23)35-22-5-3-2-4-21(22)34(27(35)37)15-16-6-8-18(9-7-16)33-26(36)20-12-17(28)13-32-24(20)25(29)30/h2-5,10-14,16,18,25H,6-9,15H2,1H3,(H,33,36). The molecule has 1 N–H and O–H groups in total. The molecule has 1 amide bonds. The Labute approximate surface area is 222 Å². The van der Waals surface area contributed by atoms with Gasteiger partial charge in [0.05, 0.1) is 40.6 Å². The molecule has 11 heteroatoms. The number of alkyl halides is 2. The largest absolute Gasteiger partial charge is 0.481 e. The number of fused-ring (bicyclic) bond motifs is 1. The molecule has 8 nitrogen and oxygen atoms in total. The minimum absolute atomic E-state index is 0.123. The van der Waals surface area contributed by atoms with Crippen LogP contribution in [0.4, 0.5) is 8.78 Å². The highest BCUT2D eigenvalue weighted by Gasteiger charge is 2.27. The SMILES string of the molecule is COc1ccc(-n2c(=O)n(CC3CCC(NC(=O)c4cc(Cl)cnc4C(F)F)CC3)c3ccccc32)cn1. The molecule has 0 aliphatic heterocycles. The van der Waals surface area contributed by atoms with Gasteiger partial charge in [0.15, 0.2) is 0 Å². The Morgan fingerprint density at radius 2 is 1.84 bits per heavy atom. The number of nitrogens with zero attached hydrogens (tertiary/aromatic N) is 4. The van der Waals surface area contributed by atoms with Crippen LogP contribution in [0.3, 0.4) is 0 Å². The third kappa shape index (κ3) is 5.13. The summed E-state index contributed by atoms with van der Waals surface area (Å²) in [6.07, 6.45) is 2.73. The lowest BCUT2D eigenvalue weighted by molar-refractivity contribution is 0.0904. The van der Waals surface area contributed by atoms with Crippen LogP contribution in [0.15, 0.2) is 59.7 Å². The van der Waals surface area contributed by atoms with Crippen LogP contribution in [0.5, 0.6) is 5.88 Å². The van der Waals surface area contributed by atoms with E-state index in [0.717, 1.165) is 30.1 Å². The Bertz CT molecular complexity index is 1510. The molecule has 5 rings (SSSR count). The molecule has 38 heavy (non-hydrogen) atoms. The fourth-order valence-electron chi connectivity index (χ4n) is 5.08. The Kier molecular flexibility index (Phi) is 7.42. The van der Waals surface area contributed by atoms with Crippen LogP contribution in [0.2, 0.25) is 5.02 Å². The van der Waals surface area contributed by atoms with Gasteiger partial charge >= 0.3 is 5.69 Å². The second kappa shape index (κ2) is 10.9. The number of carbonyl (C=O) groups excluding carboxylic acids is 1. The first kappa shape index (κ1) is 25.8. The highest BCUT2D eigenvalue weighted by atomic mass is 35.5. The van der Waals surface area contributed by atoms with Crippen LogP contribution in [-0.2, 0) is 6.54 Å². The van der Waals surface area contributed by atoms with Crippen LogP contribution in [0, 0.1) is 5.92 Å². The topological polar surface area (TPSA) is 91.0 Å². The van der Waals surface area contributed by atoms with Gasteiger partial charge in [-0.05, 0) is 55.9 Å². The normalized spacial score (nSPS) is 17.6. The van der Waals surface area contributed by atoms with Crippen LogP contribution in [0.25, 0.3) is 16.7 Å². The molecule has 1 aliphatic carbocycles. The number of hydrogen-bond donors (Lipinski definition) is 1. The molecule has 1 aliphatic rings. The van der Waals surface area contributed by atoms with Gasteiger partial charge in [-0.1, -0.05) is 23.7 Å². The number of pyridine rings is 2. The Balaban J connectivity index is 1.30. The van der Waals surface area contributed by atoms with Gasteiger partial charge in [-0.2, -0.15) is 0 Å². The molecular formula is C27H26ClF2N5O3. The first-order valence-corrected chi connectivity index (χ1v) is 12.7. The van der Waals surface area contributed by atoms with Crippen molar-refractivity contribution in [3.8, 4) is 11.6 Å². The van der Waals surface area contributed by atoms with E-state index in [0.29, 0.717) is 31.0 Å². The third-order valence-corrected chi connectivity index (χ3v) is 7.19. The molecule has 4 aromatic rings. The fraction of sp³-hybridized carbons (Fsp3) is 0.333. The number of para-hydroxylation sites is 2. The van der Waals surface area contributed by atoms with Crippen molar-refractivity contribution in [1.29, 1.82) is 0 Å². The molecule has 0 unspecified atom stereocenters. The third-order valence-electron chi connectivity index (χ3n) is 6.98. The summed E-state index contributed by atoms with van der Waals surface area (Å²) in [5.41, 5.74) is 1.33. The van der Waals surface area contributed by atoms with E-state index in [1.165, 1.54) is 13.2 Å². The number of nitrogens with one attached hydrogen (secondary N) is 1. The summed E-state index contributed by atoms with van der Waals surface area (Å²) in [5, 5.41) is 2.98. The number of ether oxygens (including phenoxy) is 1. The number of carbonyl (C=O) groups is 1. The van der Waals surface area contributed by atoms with Crippen molar-refractivity contribution in [2.45, 2.75) is 44.7 Å². The number of rotatable bonds is 7. The summed E-state index contributed by atoms with van der Waals surface area (Å²) in [5.74, 6) is 0.0798. The molecule has 3 aromatic heterocycles. The number of imidazole rings is 1. The Morgan fingerprint density at radius 3 is 2.50 bits per heavy atom. The molecule has 1 aromatic carbocycles. The molecule has 3 heterocycles. The second-order valence-electron chi connectivity index (χ2n) is 9.35. The van der Waals surface area contributed by atoms with Crippen molar-refractivity contribution in [3.05, 3.63) is 81.6 Å². The van der Waals surface area contributed by atoms with Crippen LogP contribution < -0.4 is 15.7 Å². The zero-order valence-electron chi connectivity index (χ0n) is 20.6. The average Bonchev–Trinajstić information content (AvgIpc) is 3.20. The van der Waals surface area contributed by atoms with Gasteiger partial charge in [0.25, 0.3) is 12.3 Å². The molecule has 0 saturated heterocycles. The van der Waals surface area contributed by atoms with Crippen molar-refractivity contribution in [1.82, 2.24) is 24.4 Å². The van der Waals surface area contributed by atoms with Crippen LogP contribution in [-0.4, -0.2) is 38.2 Å². The molecule has 0 spiro atoms. The van der Waals surface area contributed by atoms with Gasteiger partial charge < -0.3 is 10.1 Å². The second-order valence-corrected chi connectivity index (χ2v) is 9.79. The summed E-state index contributed by atoms with van der Waals surface area (Å²) >= 11 is 5.89. The van der Waals surface area contributed by atoms with Gasteiger partial charge in [-0.15, -0.1) is 0 Å².